The van der Waals surface area contributed by atoms with Gasteiger partial charge < -0.3 is 10.6 Å². The van der Waals surface area contributed by atoms with Crippen molar-refractivity contribution in [1.82, 2.24) is 10.3 Å². The highest BCUT2D eigenvalue weighted by Crippen LogP contribution is 2.33. The van der Waals surface area contributed by atoms with Crippen molar-refractivity contribution in [2.24, 2.45) is 0 Å². The monoisotopic (exact) mass is 281 g/mol. The fraction of sp³-hybridized carbons (Fsp3) is 0.294. The second kappa shape index (κ2) is 5.95. The van der Waals surface area contributed by atoms with E-state index in [4.69, 9.17) is 0 Å². The maximum atomic E-state index is 12.2. The first-order chi connectivity index (χ1) is 10.2. The molecule has 0 fully saturated rings. The maximum Gasteiger partial charge on any atom is 0.221 e. The van der Waals surface area contributed by atoms with E-state index >= 15 is 0 Å². The Balaban J connectivity index is 1.61. The predicted octanol–water partition coefficient (Wildman–Crippen LogP) is 2.86. The molecule has 0 saturated heterocycles. The van der Waals surface area contributed by atoms with Gasteiger partial charge in [-0.2, -0.15) is 0 Å². The molecule has 108 valence electrons. The van der Waals surface area contributed by atoms with Gasteiger partial charge in [0.2, 0.25) is 5.91 Å². The Morgan fingerprint density at radius 1 is 1.33 bits per heavy atom. The standard InChI is InChI=1S/C17H19N3O/c1-12(13-6-8-18-9-7-13)20-17(21)10-14-11-19-16-5-3-2-4-15(14)16/h2-9,12,14,19H,10-11H2,1H3,(H,20,21)/t12-,14?/m1/s1. The van der Waals surface area contributed by atoms with Crippen LogP contribution in [0.15, 0.2) is 48.8 Å². The summed E-state index contributed by atoms with van der Waals surface area (Å²) in [5, 5.41) is 6.41. The number of aromatic nitrogens is 1. The highest BCUT2D eigenvalue weighted by molar-refractivity contribution is 5.78. The summed E-state index contributed by atoms with van der Waals surface area (Å²) >= 11 is 0. The Labute approximate surface area is 124 Å². The molecule has 0 radical (unpaired) electrons. The molecular weight excluding hydrogens is 262 g/mol. The summed E-state index contributed by atoms with van der Waals surface area (Å²) in [5.74, 6) is 0.341. The number of para-hydroxylation sites is 1. The molecule has 0 spiro atoms. The van der Waals surface area contributed by atoms with E-state index in [0.29, 0.717) is 6.42 Å². The molecule has 1 aliphatic rings. The number of nitrogens with zero attached hydrogens (tertiary/aromatic N) is 1. The number of carbonyl (C=O) groups is 1. The van der Waals surface area contributed by atoms with Crippen LogP contribution in [0.5, 0.6) is 0 Å². The van der Waals surface area contributed by atoms with Gasteiger partial charge in [-0.25, -0.2) is 0 Å². The SMILES string of the molecule is C[C@@H](NC(=O)CC1CNc2ccccc21)c1ccncc1. The molecule has 0 bridgehead atoms. The third-order valence-corrected chi connectivity index (χ3v) is 3.95. The van der Waals surface area contributed by atoms with Crippen LogP contribution in [-0.4, -0.2) is 17.4 Å². The highest BCUT2D eigenvalue weighted by atomic mass is 16.1. The minimum Gasteiger partial charge on any atom is -0.384 e. The van der Waals surface area contributed by atoms with Crippen molar-refractivity contribution in [3.63, 3.8) is 0 Å². The van der Waals surface area contributed by atoms with Gasteiger partial charge in [0.25, 0.3) is 0 Å². The number of hydrogen-bond donors (Lipinski definition) is 2. The Bertz CT molecular complexity index is 627. The zero-order valence-corrected chi connectivity index (χ0v) is 12.0. The molecule has 1 aliphatic heterocycles. The van der Waals surface area contributed by atoms with Crippen LogP contribution in [-0.2, 0) is 4.79 Å². The average molecular weight is 281 g/mol. The first-order valence-corrected chi connectivity index (χ1v) is 7.26. The molecule has 1 amide bonds. The van der Waals surface area contributed by atoms with Crippen LogP contribution in [0.25, 0.3) is 0 Å². The second-order valence-electron chi connectivity index (χ2n) is 5.44. The van der Waals surface area contributed by atoms with Crippen molar-refractivity contribution in [1.29, 1.82) is 0 Å². The second-order valence-corrected chi connectivity index (χ2v) is 5.44. The number of carbonyl (C=O) groups excluding carboxylic acids is 1. The zero-order chi connectivity index (χ0) is 14.7. The van der Waals surface area contributed by atoms with Crippen LogP contribution in [0.2, 0.25) is 0 Å². The predicted molar refractivity (Wildman–Crippen MR) is 83.1 cm³/mol. The molecule has 3 rings (SSSR count). The summed E-state index contributed by atoms with van der Waals surface area (Å²) in [6, 6.07) is 12.1. The Morgan fingerprint density at radius 3 is 2.90 bits per heavy atom. The van der Waals surface area contributed by atoms with Crippen molar-refractivity contribution in [2.75, 3.05) is 11.9 Å². The van der Waals surface area contributed by atoms with Gasteiger partial charge in [-0.05, 0) is 36.2 Å². The molecule has 21 heavy (non-hydrogen) atoms. The number of benzene rings is 1. The van der Waals surface area contributed by atoms with Crippen LogP contribution in [0.3, 0.4) is 0 Å². The van der Waals surface area contributed by atoms with Crippen LogP contribution in [0.1, 0.15) is 36.4 Å². The van der Waals surface area contributed by atoms with Gasteiger partial charge in [-0.1, -0.05) is 18.2 Å². The normalized spacial score (nSPS) is 17.7. The maximum absolute atomic E-state index is 12.2. The van der Waals surface area contributed by atoms with E-state index in [0.717, 1.165) is 17.8 Å². The minimum absolute atomic E-state index is 0.00473. The van der Waals surface area contributed by atoms with Crippen molar-refractivity contribution in [3.05, 3.63) is 59.9 Å². The summed E-state index contributed by atoms with van der Waals surface area (Å²) < 4.78 is 0. The average Bonchev–Trinajstić information content (AvgIpc) is 2.91. The van der Waals surface area contributed by atoms with Gasteiger partial charge in [0, 0.05) is 37.0 Å². The quantitative estimate of drug-likeness (QED) is 0.906. The fourth-order valence-corrected chi connectivity index (χ4v) is 2.80. The van der Waals surface area contributed by atoms with Crippen molar-refractivity contribution in [2.45, 2.75) is 25.3 Å². The van der Waals surface area contributed by atoms with Gasteiger partial charge in [0.15, 0.2) is 0 Å². The summed E-state index contributed by atoms with van der Waals surface area (Å²) in [6.07, 6.45) is 4.00. The number of rotatable bonds is 4. The lowest BCUT2D eigenvalue weighted by Crippen LogP contribution is -2.28. The minimum atomic E-state index is 0.00473. The number of pyridine rings is 1. The fourth-order valence-electron chi connectivity index (χ4n) is 2.80. The Morgan fingerprint density at radius 2 is 2.10 bits per heavy atom. The van der Waals surface area contributed by atoms with Gasteiger partial charge in [0.1, 0.15) is 0 Å². The summed E-state index contributed by atoms with van der Waals surface area (Å²) in [7, 11) is 0. The summed E-state index contributed by atoms with van der Waals surface area (Å²) in [4.78, 5) is 16.2. The first-order valence-electron chi connectivity index (χ1n) is 7.26. The van der Waals surface area contributed by atoms with E-state index in [1.807, 2.05) is 31.2 Å². The molecular formula is C17H19N3O. The highest BCUT2D eigenvalue weighted by Gasteiger charge is 2.24. The molecule has 2 atom stereocenters. The summed E-state index contributed by atoms with van der Waals surface area (Å²) in [5.41, 5.74) is 3.46. The molecule has 0 aliphatic carbocycles. The Kier molecular flexibility index (Phi) is 3.86. The molecule has 0 saturated carbocycles. The van der Waals surface area contributed by atoms with Gasteiger partial charge in [0.05, 0.1) is 6.04 Å². The number of anilines is 1. The van der Waals surface area contributed by atoms with Crippen molar-refractivity contribution in [3.8, 4) is 0 Å². The summed E-state index contributed by atoms with van der Waals surface area (Å²) in [6.45, 7) is 2.82. The molecule has 1 aromatic carbocycles. The molecule has 2 heterocycles. The molecule has 2 aromatic rings. The van der Waals surface area contributed by atoms with E-state index in [1.54, 1.807) is 12.4 Å². The van der Waals surface area contributed by atoms with E-state index in [1.165, 1.54) is 5.56 Å². The van der Waals surface area contributed by atoms with Crippen molar-refractivity contribution < 1.29 is 4.79 Å². The molecule has 1 aromatic heterocycles. The Hall–Kier alpha value is -2.36. The lowest BCUT2D eigenvalue weighted by molar-refractivity contribution is -0.122. The lowest BCUT2D eigenvalue weighted by atomic mass is 9.97. The van der Waals surface area contributed by atoms with Crippen LogP contribution >= 0.6 is 0 Å². The number of nitrogens with one attached hydrogen (secondary N) is 2. The van der Waals surface area contributed by atoms with E-state index in [-0.39, 0.29) is 17.9 Å². The molecule has 4 heteroatoms. The number of hydrogen-bond acceptors (Lipinski definition) is 3. The molecule has 2 N–H and O–H groups in total. The van der Waals surface area contributed by atoms with E-state index in [9.17, 15) is 4.79 Å². The largest absolute Gasteiger partial charge is 0.384 e. The van der Waals surface area contributed by atoms with Crippen LogP contribution in [0, 0.1) is 0 Å². The third-order valence-electron chi connectivity index (χ3n) is 3.95. The topological polar surface area (TPSA) is 54.0 Å². The number of amides is 1. The van der Waals surface area contributed by atoms with Gasteiger partial charge >= 0.3 is 0 Å². The van der Waals surface area contributed by atoms with E-state index < -0.39 is 0 Å². The van der Waals surface area contributed by atoms with E-state index in [2.05, 4.69) is 27.8 Å². The smallest absolute Gasteiger partial charge is 0.221 e. The third kappa shape index (κ3) is 3.05. The van der Waals surface area contributed by atoms with Crippen LogP contribution in [0.4, 0.5) is 5.69 Å². The van der Waals surface area contributed by atoms with Crippen molar-refractivity contribution >= 4 is 11.6 Å². The molecule has 1 unspecified atom stereocenters. The number of fused-ring (bicyclic) bond motifs is 1. The van der Waals surface area contributed by atoms with Gasteiger partial charge in [-0.15, -0.1) is 0 Å². The zero-order valence-electron chi connectivity index (χ0n) is 12.0. The first kappa shape index (κ1) is 13.6. The molecule has 4 nitrogen and oxygen atoms in total. The van der Waals surface area contributed by atoms with Gasteiger partial charge in [-0.3, -0.25) is 9.78 Å². The lowest BCUT2D eigenvalue weighted by Gasteiger charge is -2.16. The van der Waals surface area contributed by atoms with Crippen LogP contribution < -0.4 is 10.6 Å².